The Morgan fingerprint density at radius 3 is 2.15 bits per heavy atom. The van der Waals surface area contributed by atoms with Crippen LogP contribution in [-0.2, 0) is 24.2 Å². The molecule has 1 aromatic rings. The second kappa shape index (κ2) is 10.4. The highest BCUT2D eigenvalue weighted by Crippen LogP contribution is 2.12. The molecule has 2 atom stereocenters. The van der Waals surface area contributed by atoms with E-state index in [1.807, 2.05) is 0 Å². The number of rotatable bonds is 11. The Bertz CT molecular complexity index is 791. The average molecular weight is 398 g/mol. The fraction of sp³-hybridized carbons (Fsp3) is 0.353. The summed E-state index contributed by atoms with van der Waals surface area (Å²) in [6.45, 7) is 0. The number of carboxylic acids is 2. The van der Waals surface area contributed by atoms with E-state index in [9.17, 15) is 22.8 Å². The van der Waals surface area contributed by atoms with Gasteiger partial charge in [0.05, 0.1) is 10.9 Å². The van der Waals surface area contributed by atoms with E-state index < -0.39 is 39.8 Å². The predicted molar refractivity (Wildman–Crippen MR) is 96.4 cm³/mol. The van der Waals surface area contributed by atoms with Gasteiger partial charge in [0.2, 0.25) is 5.91 Å². The second-order valence-electron chi connectivity index (χ2n) is 5.77. The lowest BCUT2D eigenvalue weighted by molar-refractivity contribution is -0.138. The van der Waals surface area contributed by atoms with Gasteiger partial charge in [-0.05, 0) is 25.0 Å². The number of nitrogens with one attached hydrogen (secondary N) is 1. The van der Waals surface area contributed by atoms with Gasteiger partial charge in [0, 0.05) is 24.3 Å². The molecule has 148 valence electrons. The summed E-state index contributed by atoms with van der Waals surface area (Å²) in [4.78, 5) is 33.4. The van der Waals surface area contributed by atoms with Gasteiger partial charge >= 0.3 is 11.9 Å². The van der Waals surface area contributed by atoms with Crippen LogP contribution in [-0.4, -0.2) is 48.6 Å². The smallest absolute Gasteiger partial charge is 0.303 e. The Kier molecular flexibility index (Phi) is 8.63. The van der Waals surface area contributed by atoms with E-state index in [2.05, 4.69) is 5.32 Å². The van der Waals surface area contributed by atoms with Gasteiger partial charge in [0.1, 0.15) is 0 Å². The van der Waals surface area contributed by atoms with E-state index in [-0.39, 0.29) is 30.6 Å². The van der Waals surface area contributed by atoms with Gasteiger partial charge < -0.3 is 21.3 Å². The Balaban J connectivity index is 2.86. The molecule has 0 aromatic heterocycles. The fourth-order valence-corrected chi connectivity index (χ4v) is 3.17. The van der Waals surface area contributed by atoms with Crippen LogP contribution in [0.25, 0.3) is 0 Å². The van der Waals surface area contributed by atoms with Crippen LogP contribution in [0.2, 0.25) is 0 Å². The third kappa shape index (κ3) is 8.47. The molecule has 1 amide bonds. The number of hydrogen-bond acceptors (Lipinski definition) is 6. The number of nitrogens with two attached hydrogens (primary N) is 1. The van der Waals surface area contributed by atoms with Gasteiger partial charge in [0.25, 0.3) is 0 Å². The first-order valence-electron chi connectivity index (χ1n) is 8.09. The Morgan fingerprint density at radius 1 is 1.04 bits per heavy atom. The van der Waals surface area contributed by atoms with E-state index in [0.29, 0.717) is 0 Å². The Labute approximate surface area is 156 Å². The number of carboxylic acid groups (broad SMARTS) is 2. The molecule has 0 aliphatic heterocycles. The summed E-state index contributed by atoms with van der Waals surface area (Å²) in [5.41, 5.74) is 5.61. The van der Waals surface area contributed by atoms with Crippen LogP contribution in [0.3, 0.4) is 0 Å². The number of sulfone groups is 1. The highest BCUT2D eigenvalue weighted by molar-refractivity contribution is 7.94. The number of hydrogen-bond donors (Lipinski definition) is 4. The molecule has 0 aliphatic rings. The van der Waals surface area contributed by atoms with Gasteiger partial charge in [-0.1, -0.05) is 24.3 Å². The van der Waals surface area contributed by atoms with Crippen molar-refractivity contribution in [2.45, 2.75) is 42.7 Å². The summed E-state index contributed by atoms with van der Waals surface area (Å²) in [6.07, 6.45) is 0.442. The third-order valence-electron chi connectivity index (χ3n) is 3.56. The summed E-state index contributed by atoms with van der Waals surface area (Å²) >= 11 is 0. The second-order valence-corrected chi connectivity index (χ2v) is 7.61. The van der Waals surface area contributed by atoms with Crippen molar-refractivity contribution in [2.75, 3.05) is 0 Å². The van der Waals surface area contributed by atoms with Crippen LogP contribution in [0, 0.1) is 0 Å². The minimum absolute atomic E-state index is 0.0481. The van der Waals surface area contributed by atoms with Crippen LogP contribution < -0.4 is 11.1 Å². The maximum Gasteiger partial charge on any atom is 0.303 e. The molecule has 10 heteroatoms. The molecule has 0 spiro atoms. The van der Waals surface area contributed by atoms with Gasteiger partial charge in [-0.2, -0.15) is 0 Å². The molecule has 9 nitrogen and oxygen atoms in total. The van der Waals surface area contributed by atoms with Crippen LogP contribution >= 0.6 is 0 Å². The fourth-order valence-electron chi connectivity index (χ4n) is 2.08. The standard InChI is InChI=1S/C17H22N2O7S/c18-14(7-9-16(22)23)17(24)19-12(6-8-15(20)21)10-11-27(25,26)13-4-2-1-3-5-13/h1-5,10-12,14H,6-9,18H2,(H,19,24)(H,20,21)(H,22,23)/b11-10+/t12-,14-/m0/s1. The van der Waals surface area contributed by atoms with E-state index in [0.717, 1.165) is 5.41 Å². The van der Waals surface area contributed by atoms with E-state index in [1.165, 1.54) is 18.2 Å². The molecule has 1 aromatic carbocycles. The highest BCUT2D eigenvalue weighted by Gasteiger charge is 2.19. The van der Waals surface area contributed by atoms with Gasteiger partial charge in [-0.15, -0.1) is 0 Å². The van der Waals surface area contributed by atoms with Gasteiger partial charge in [-0.25, -0.2) is 8.42 Å². The van der Waals surface area contributed by atoms with Crippen molar-refractivity contribution in [3.05, 3.63) is 41.8 Å². The van der Waals surface area contributed by atoms with E-state index >= 15 is 0 Å². The van der Waals surface area contributed by atoms with Crippen molar-refractivity contribution in [3.63, 3.8) is 0 Å². The van der Waals surface area contributed by atoms with Crippen LogP contribution in [0.15, 0.2) is 46.7 Å². The van der Waals surface area contributed by atoms with Crippen molar-refractivity contribution in [1.29, 1.82) is 0 Å². The van der Waals surface area contributed by atoms with Crippen molar-refractivity contribution in [1.82, 2.24) is 5.32 Å². The molecular weight excluding hydrogens is 376 g/mol. The van der Waals surface area contributed by atoms with Gasteiger partial charge in [0.15, 0.2) is 9.84 Å². The molecule has 0 fully saturated rings. The van der Waals surface area contributed by atoms with Gasteiger partial charge in [-0.3, -0.25) is 14.4 Å². The SMILES string of the molecule is N[C@@H](CCC(=O)O)C(=O)N[C@H](/C=C/S(=O)(=O)c1ccccc1)CCC(=O)O. The molecule has 0 aliphatic carbocycles. The summed E-state index contributed by atoms with van der Waals surface area (Å²) in [5, 5.41) is 20.8. The molecule has 1 rings (SSSR count). The van der Waals surface area contributed by atoms with Crippen molar-refractivity contribution >= 4 is 27.7 Å². The first-order chi connectivity index (χ1) is 12.6. The van der Waals surface area contributed by atoms with Crippen molar-refractivity contribution < 1.29 is 33.0 Å². The zero-order valence-corrected chi connectivity index (χ0v) is 15.3. The Hall–Kier alpha value is -2.72. The zero-order chi connectivity index (χ0) is 20.4. The molecule has 0 bridgehead atoms. The monoisotopic (exact) mass is 398 g/mol. The minimum atomic E-state index is -3.76. The molecule has 0 unspecified atom stereocenters. The maximum atomic E-state index is 12.3. The van der Waals surface area contributed by atoms with Crippen molar-refractivity contribution in [2.24, 2.45) is 5.73 Å². The first kappa shape index (κ1) is 22.3. The molecule has 0 radical (unpaired) electrons. The molecule has 0 saturated carbocycles. The molecule has 0 heterocycles. The number of carbonyl (C=O) groups is 3. The lowest BCUT2D eigenvalue weighted by atomic mass is 10.1. The summed E-state index contributed by atoms with van der Waals surface area (Å²) in [6, 6.07) is 5.61. The number of benzene rings is 1. The van der Waals surface area contributed by atoms with E-state index in [4.69, 9.17) is 15.9 Å². The maximum absolute atomic E-state index is 12.3. The van der Waals surface area contributed by atoms with Crippen LogP contribution in [0.4, 0.5) is 0 Å². The number of carbonyl (C=O) groups excluding carboxylic acids is 1. The predicted octanol–water partition coefficient (Wildman–Crippen LogP) is 0.516. The van der Waals surface area contributed by atoms with E-state index in [1.54, 1.807) is 18.2 Å². The average Bonchev–Trinajstić information content (AvgIpc) is 2.62. The zero-order valence-electron chi connectivity index (χ0n) is 14.4. The van der Waals surface area contributed by atoms with Crippen LogP contribution in [0.5, 0.6) is 0 Å². The molecular formula is C17H22N2O7S. The molecule has 27 heavy (non-hydrogen) atoms. The lowest BCUT2D eigenvalue weighted by Crippen LogP contribution is -2.45. The first-order valence-corrected chi connectivity index (χ1v) is 9.64. The number of amides is 1. The summed E-state index contributed by atoms with van der Waals surface area (Å²) < 4.78 is 24.5. The lowest BCUT2D eigenvalue weighted by Gasteiger charge is -2.17. The van der Waals surface area contributed by atoms with Crippen LogP contribution in [0.1, 0.15) is 25.7 Å². The summed E-state index contributed by atoms with van der Waals surface area (Å²) in [5.74, 6) is -2.90. The number of aliphatic carboxylic acids is 2. The topological polar surface area (TPSA) is 164 Å². The summed E-state index contributed by atoms with van der Waals surface area (Å²) in [7, 11) is -3.76. The van der Waals surface area contributed by atoms with Crippen molar-refractivity contribution in [3.8, 4) is 0 Å². The molecule has 5 N–H and O–H groups in total. The Morgan fingerprint density at radius 2 is 1.59 bits per heavy atom. The largest absolute Gasteiger partial charge is 0.481 e. The third-order valence-corrected chi connectivity index (χ3v) is 5.01. The molecule has 0 saturated heterocycles. The quantitative estimate of drug-likeness (QED) is 0.419. The minimum Gasteiger partial charge on any atom is -0.481 e. The highest BCUT2D eigenvalue weighted by atomic mass is 32.2. The normalized spacial score (nSPS) is 13.8.